The number of amides is 1. The summed E-state index contributed by atoms with van der Waals surface area (Å²) in [5.74, 6) is 0.231. The van der Waals surface area contributed by atoms with Crippen LogP contribution < -0.4 is 10.1 Å². The number of carbonyl (C=O) groups is 1. The molecule has 0 aliphatic heterocycles. The molecule has 4 rings (SSSR count). The van der Waals surface area contributed by atoms with E-state index in [1.807, 2.05) is 18.3 Å². The van der Waals surface area contributed by atoms with Crippen molar-refractivity contribution < 1.29 is 9.53 Å². The minimum atomic E-state index is -0.190. The van der Waals surface area contributed by atoms with Crippen molar-refractivity contribution in [1.29, 1.82) is 0 Å². The van der Waals surface area contributed by atoms with Crippen LogP contribution in [0.5, 0.6) is 5.88 Å². The number of fused-ring (bicyclic) bond motifs is 3. The lowest BCUT2D eigenvalue weighted by Gasteiger charge is -2.06. The van der Waals surface area contributed by atoms with Gasteiger partial charge in [0, 0.05) is 59.1 Å². The van der Waals surface area contributed by atoms with Crippen LogP contribution in [0.2, 0.25) is 0 Å². The van der Waals surface area contributed by atoms with Gasteiger partial charge in [-0.25, -0.2) is 4.98 Å². The Morgan fingerprint density at radius 1 is 1.08 bits per heavy atom. The standard InChI is InChI=1S/C19H16N4O2/c1-20-18(24)11-25-19-5-3-13(9-22-19)12-2-4-14-15-10-21-7-6-16(15)23-17(14)8-12/h2-10,23H,11H2,1H3,(H,20,24). The van der Waals surface area contributed by atoms with Crippen molar-refractivity contribution >= 4 is 27.7 Å². The first-order chi connectivity index (χ1) is 12.2. The summed E-state index contributed by atoms with van der Waals surface area (Å²) in [5, 5.41) is 4.76. The number of benzene rings is 1. The fourth-order valence-electron chi connectivity index (χ4n) is 2.77. The summed E-state index contributed by atoms with van der Waals surface area (Å²) in [6.07, 6.45) is 5.39. The van der Waals surface area contributed by atoms with Crippen molar-refractivity contribution in [2.75, 3.05) is 13.7 Å². The van der Waals surface area contributed by atoms with E-state index in [4.69, 9.17) is 4.74 Å². The van der Waals surface area contributed by atoms with Crippen LogP contribution in [0.25, 0.3) is 32.9 Å². The summed E-state index contributed by atoms with van der Waals surface area (Å²) in [6.45, 7) is -0.0437. The van der Waals surface area contributed by atoms with Gasteiger partial charge in [0.2, 0.25) is 5.88 Å². The third-order valence-corrected chi connectivity index (χ3v) is 4.10. The van der Waals surface area contributed by atoms with Crippen molar-refractivity contribution in [2.45, 2.75) is 0 Å². The fraction of sp³-hybridized carbons (Fsp3) is 0.105. The van der Waals surface area contributed by atoms with Gasteiger partial charge in [0.05, 0.1) is 0 Å². The monoisotopic (exact) mass is 332 g/mol. The zero-order valence-electron chi connectivity index (χ0n) is 13.6. The average molecular weight is 332 g/mol. The van der Waals surface area contributed by atoms with Gasteiger partial charge in [-0.1, -0.05) is 12.1 Å². The first-order valence-corrected chi connectivity index (χ1v) is 7.90. The lowest BCUT2D eigenvalue weighted by Crippen LogP contribution is -2.25. The van der Waals surface area contributed by atoms with Gasteiger partial charge in [0.1, 0.15) is 0 Å². The smallest absolute Gasteiger partial charge is 0.257 e. The van der Waals surface area contributed by atoms with E-state index in [2.05, 4.69) is 38.5 Å². The molecule has 3 heterocycles. The first-order valence-electron chi connectivity index (χ1n) is 7.90. The number of likely N-dealkylation sites (N-methyl/N-ethyl adjacent to an activating group) is 1. The van der Waals surface area contributed by atoms with Crippen LogP contribution in [0.4, 0.5) is 0 Å². The van der Waals surface area contributed by atoms with Gasteiger partial charge in [0.25, 0.3) is 5.91 Å². The Bertz CT molecular complexity index is 1050. The molecule has 6 heteroatoms. The molecule has 0 aliphatic carbocycles. The molecule has 0 saturated carbocycles. The van der Waals surface area contributed by atoms with Gasteiger partial charge in [-0.3, -0.25) is 9.78 Å². The van der Waals surface area contributed by atoms with Gasteiger partial charge >= 0.3 is 0 Å². The maximum absolute atomic E-state index is 11.2. The molecule has 3 aromatic heterocycles. The summed E-state index contributed by atoms with van der Waals surface area (Å²) < 4.78 is 5.32. The molecule has 2 N–H and O–H groups in total. The summed E-state index contributed by atoms with van der Waals surface area (Å²) in [4.78, 5) is 23.1. The molecular weight excluding hydrogens is 316 g/mol. The topological polar surface area (TPSA) is 79.9 Å². The summed E-state index contributed by atoms with van der Waals surface area (Å²) in [7, 11) is 1.57. The Morgan fingerprint density at radius 3 is 2.76 bits per heavy atom. The minimum absolute atomic E-state index is 0.0437. The summed E-state index contributed by atoms with van der Waals surface area (Å²) >= 11 is 0. The van der Waals surface area contributed by atoms with Crippen LogP contribution in [-0.4, -0.2) is 34.5 Å². The van der Waals surface area contributed by atoms with Gasteiger partial charge in [0.15, 0.2) is 6.61 Å². The fourth-order valence-corrected chi connectivity index (χ4v) is 2.77. The molecule has 0 atom stereocenters. The Hall–Kier alpha value is -3.41. The molecule has 0 saturated heterocycles. The zero-order chi connectivity index (χ0) is 17.2. The van der Waals surface area contributed by atoms with E-state index in [1.165, 1.54) is 0 Å². The van der Waals surface area contributed by atoms with Crippen molar-refractivity contribution in [3.05, 3.63) is 55.0 Å². The third kappa shape index (κ3) is 2.89. The van der Waals surface area contributed by atoms with Crippen LogP contribution in [0.1, 0.15) is 0 Å². The van der Waals surface area contributed by atoms with Crippen LogP contribution >= 0.6 is 0 Å². The largest absolute Gasteiger partial charge is 0.468 e. The number of ether oxygens (including phenoxy) is 1. The van der Waals surface area contributed by atoms with Gasteiger partial charge in [-0.05, 0) is 23.8 Å². The molecule has 124 valence electrons. The van der Waals surface area contributed by atoms with Gasteiger partial charge < -0.3 is 15.0 Å². The molecular formula is C19H16N4O2. The molecule has 0 unspecified atom stereocenters. The van der Waals surface area contributed by atoms with E-state index < -0.39 is 0 Å². The quantitative estimate of drug-likeness (QED) is 0.602. The highest BCUT2D eigenvalue weighted by molar-refractivity contribution is 6.07. The molecule has 25 heavy (non-hydrogen) atoms. The number of aromatic nitrogens is 3. The summed E-state index contributed by atoms with van der Waals surface area (Å²) in [5.41, 5.74) is 4.15. The number of aromatic amines is 1. The van der Waals surface area contributed by atoms with Crippen LogP contribution in [0.15, 0.2) is 55.0 Å². The van der Waals surface area contributed by atoms with Crippen molar-refractivity contribution in [3.63, 3.8) is 0 Å². The SMILES string of the molecule is CNC(=O)COc1ccc(-c2ccc3c(c2)[nH]c2ccncc23)cn1. The van der Waals surface area contributed by atoms with Gasteiger partial charge in [-0.15, -0.1) is 0 Å². The Labute approximate surface area is 143 Å². The van der Waals surface area contributed by atoms with E-state index in [-0.39, 0.29) is 12.5 Å². The van der Waals surface area contributed by atoms with Gasteiger partial charge in [-0.2, -0.15) is 0 Å². The van der Waals surface area contributed by atoms with Crippen LogP contribution in [0, 0.1) is 0 Å². The second kappa shape index (κ2) is 6.24. The molecule has 6 nitrogen and oxygen atoms in total. The number of H-pyrrole nitrogens is 1. The number of pyridine rings is 2. The van der Waals surface area contributed by atoms with E-state index in [1.54, 1.807) is 25.5 Å². The second-order valence-corrected chi connectivity index (χ2v) is 5.65. The second-order valence-electron chi connectivity index (χ2n) is 5.65. The lowest BCUT2D eigenvalue weighted by molar-refractivity contribution is -0.122. The van der Waals surface area contributed by atoms with Crippen molar-refractivity contribution in [2.24, 2.45) is 0 Å². The molecule has 4 aromatic rings. The molecule has 0 radical (unpaired) electrons. The molecule has 0 bridgehead atoms. The average Bonchev–Trinajstić information content (AvgIpc) is 3.04. The maximum Gasteiger partial charge on any atom is 0.257 e. The molecule has 0 fully saturated rings. The van der Waals surface area contributed by atoms with Crippen LogP contribution in [-0.2, 0) is 4.79 Å². The Balaban J connectivity index is 1.62. The predicted octanol–water partition coefficient (Wildman–Crippen LogP) is 2.90. The highest BCUT2D eigenvalue weighted by Gasteiger charge is 2.07. The van der Waals surface area contributed by atoms with E-state index in [0.29, 0.717) is 5.88 Å². The number of nitrogens with one attached hydrogen (secondary N) is 2. The number of hydrogen-bond donors (Lipinski definition) is 2. The first kappa shape index (κ1) is 15.1. The lowest BCUT2D eigenvalue weighted by atomic mass is 10.1. The Kier molecular flexibility index (Phi) is 3.78. The maximum atomic E-state index is 11.2. The van der Waals surface area contributed by atoms with E-state index >= 15 is 0 Å². The number of hydrogen-bond acceptors (Lipinski definition) is 4. The normalized spacial score (nSPS) is 10.9. The van der Waals surface area contributed by atoms with Crippen LogP contribution in [0.3, 0.4) is 0 Å². The highest BCUT2D eigenvalue weighted by Crippen LogP contribution is 2.29. The van der Waals surface area contributed by atoms with Crippen molar-refractivity contribution in [3.8, 4) is 17.0 Å². The number of nitrogens with zero attached hydrogens (tertiary/aromatic N) is 2. The molecule has 0 spiro atoms. The predicted molar refractivity (Wildman–Crippen MR) is 96.4 cm³/mol. The minimum Gasteiger partial charge on any atom is -0.468 e. The van der Waals surface area contributed by atoms with Crippen molar-refractivity contribution in [1.82, 2.24) is 20.3 Å². The number of carbonyl (C=O) groups excluding carboxylic acids is 1. The summed E-state index contributed by atoms with van der Waals surface area (Å²) in [6, 6.07) is 11.9. The number of rotatable bonds is 4. The molecule has 1 aromatic carbocycles. The van der Waals surface area contributed by atoms with E-state index in [0.717, 1.165) is 32.9 Å². The molecule has 0 aliphatic rings. The molecule has 1 amide bonds. The van der Waals surface area contributed by atoms with E-state index in [9.17, 15) is 4.79 Å². The Morgan fingerprint density at radius 2 is 1.96 bits per heavy atom. The third-order valence-electron chi connectivity index (χ3n) is 4.10. The zero-order valence-corrected chi connectivity index (χ0v) is 13.6. The highest BCUT2D eigenvalue weighted by atomic mass is 16.5.